The number of anilines is 2. The summed E-state index contributed by atoms with van der Waals surface area (Å²) < 4.78 is 30.2. The highest BCUT2D eigenvalue weighted by molar-refractivity contribution is 7.89. The van der Waals surface area contributed by atoms with Gasteiger partial charge in [-0.05, 0) is 63.8 Å². The van der Waals surface area contributed by atoms with Crippen molar-refractivity contribution in [1.29, 1.82) is 0 Å². The Bertz CT molecular complexity index is 1470. The fraction of sp³-hybridized carbons (Fsp3) is 0.393. The number of rotatable bonds is 6. The second-order valence-corrected chi connectivity index (χ2v) is 12.0. The number of aromatic nitrogens is 2. The predicted octanol–water partition coefficient (Wildman–Crippen LogP) is 3.44. The van der Waals surface area contributed by atoms with Crippen LogP contribution in [0, 0.1) is 26.7 Å². The van der Waals surface area contributed by atoms with Crippen LogP contribution in [-0.4, -0.2) is 54.0 Å². The van der Waals surface area contributed by atoms with Gasteiger partial charge in [0.1, 0.15) is 11.4 Å². The van der Waals surface area contributed by atoms with Gasteiger partial charge in [-0.2, -0.15) is 9.40 Å². The van der Waals surface area contributed by atoms with Crippen molar-refractivity contribution in [2.45, 2.75) is 51.5 Å². The Labute approximate surface area is 223 Å². The van der Waals surface area contributed by atoms with Crippen molar-refractivity contribution in [2.24, 2.45) is 5.92 Å². The summed E-state index contributed by atoms with van der Waals surface area (Å²) in [5, 5.41) is 7.37. The van der Waals surface area contributed by atoms with Gasteiger partial charge in [0.2, 0.25) is 21.8 Å². The summed E-state index contributed by atoms with van der Waals surface area (Å²) in [4.78, 5) is 27.8. The highest BCUT2D eigenvalue weighted by Crippen LogP contribution is 2.30. The average Bonchev–Trinajstić information content (AvgIpc) is 3.46. The Morgan fingerprint density at radius 1 is 0.974 bits per heavy atom. The Morgan fingerprint density at radius 3 is 2.37 bits per heavy atom. The van der Waals surface area contributed by atoms with E-state index in [-0.39, 0.29) is 42.3 Å². The molecule has 0 atom stereocenters. The van der Waals surface area contributed by atoms with Gasteiger partial charge in [0.05, 0.1) is 11.4 Å². The topological polar surface area (TPSA) is 105 Å². The minimum atomic E-state index is -3.83. The number of amides is 2. The molecule has 200 valence electrons. The molecule has 10 heteroatoms. The van der Waals surface area contributed by atoms with Crippen LogP contribution in [0.4, 0.5) is 11.4 Å². The van der Waals surface area contributed by atoms with E-state index in [1.807, 2.05) is 55.5 Å². The fourth-order valence-electron chi connectivity index (χ4n) is 5.39. The molecule has 2 aliphatic heterocycles. The van der Waals surface area contributed by atoms with Crippen LogP contribution in [0.5, 0.6) is 0 Å². The van der Waals surface area contributed by atoms with E-state index in [0.717, 1.165) is 28.9 Å². The first-order chi connectivity index (χ1) is 18.1. The van der Waals surface area contributed by atoms with Crippen molar-refractivity contribution in [2.75, 3.05) is 29.9 Å². The first-order valence-corrected chi connectivity index (χ1v) is 14.4. The number of aryl methyl sites for hydroxylation is 2. The number of piperidine rings is 1. The molecule has 5 rings (SSSR count). The maximum absolute atomic E-state index is 13.6. The molecule has 38 heavy (non-hydrogen) atoms. The molecule has 0 radical (unpaired) electrons. The van der Waals surface area contributed by atoms with E-state index in [9.17, 15) is 18.0 Å². The molecule has 2 amide bonds. The number of fused-ring (bicyclic) bond motifs is 1. The van der Waals surface area contributed by atoms with Gasteiger partial charge in [-0.15, -0.1) is 0 Å². The third kappa shape index (κ3) is 4.98. The minimum Gasteiger partial charge on any atom is -0.326 e. The summed E-state index contributed by atoms with van der Waals surface area (Å²) in [5.41, 5.74) is 4.70. The molecule has 1 saturated heterocycles. The van der Waals surface area contributed by atoms with E-state index in [1.54, 1.807) is 18.7 Å². The molecule has 1 N–H and O–H groups in total. The molecule has 2 aliphatic rings. The lowest BCUT2D eigenvalue weighted by Crippen LogP contribution is -2.41. The largest absolute Gasteiger partial charge is 0.326 e. The monoisotopic (exact) mass is 535 g/mol. The number of nitrogens with one attached hydrogen (secondary N) is 1. The zero-order valence-corrected chi connectivity index (χ0v) is 22.8. The number of carbonyl (C=O) groups is 2. The lowest BCUT2D eigenvalue weighted by molar-refractivity contribution is -0.121. The molecule has 0 aliphatic carbocycles. The highest BCUT2D eigenvalue weighted by atomic mass is 32.2. The smallest absolute Gasteiger partial charge is 0.248 e. The number of hydrogen-bond acceptors (Lipinski definition) is 5. The molecule has 0 saturated carbocycles. The van der Waals surface area contributed by atoms with Crippen LogP contribution in [-0.2, 0) is 32.6 Å². The summed E-state index contributed by atoms with van der Waals surface area (Å²) in [7, 11) is -3.83. The second kappa shape index (κ2) is 10.3. The molecule has 9 nitrogen and oxygen atoms in total. The van der Waals surface area contributed by atoms with Crippen LogP contribution in [0.1, 0.15) is 35.4 Å². The summed E-state index contributed by atoms with van der Waals surface area (Å²) in [6.45, 7) is 6.42. The Kier molecular flexibility index (Phi) is 7.11. The molecule has 3 heterocycles. The van der Waals surface area contributed by atoms with Gasteiger partial charge in [0.25, 0.3) is 0 Å². The van der Waals surface area contributed by atoms with E-state index in [4.69, 9.17) is 0 Å². The van der Waals surface area contributed by atoms with Crippen LogP contribution in [0.25, 0.3) is 0 Å². The quantitative estimate of drug-likeness (QED) is 0.521. The molecular formula is C28H33N5O4S. The first-order valence-electron chi connectivity index (χ1n) is 12.9. The van der Waals surface area contributed by atoms with Crippen molar-refractivity contribution in [3.05, 3.63) is 71.0 Å². The summed E-state index contributed by atoms with van der Waals surface area (Å²) in [6.07, 6.45) is 1.68. The number of nitrogens with zero attached hydrogens (tertiary/aromatic N) is 4. The van der Waals surface area contributed by atoms with E-state index in [1.165, 1.54) is 8.99 Å². The highest BCUT2D eigenvalue weighted by Gasteiger charge is 2.36. The zero-order chi connectivity index (χ0) is 27.0. The second-order valence-electron chi connectivity index (χ2n) is 10.1. The van der Waals surface area contributed by atoms with Crippen LogP contribution in [0.3, 0.4) is 0 Å². The van der Waals surface area contributed by atoms with E-state index in [0.29, 0.717) is 30.8 Å². The molecule has 0 unspecified atom stereocenters. The average molecular weight is 536 g/mol. The van der Waals surface area contributed by atoms with Gasteiger partial charge in [0, 0.05) is 36.9 Å². The number of carbonyl (C=O) groups excluding carboxylic acids is 2. The van der Waals surface area contributed by atoms with Gasteiger partial charge in [-0.25, -0.2) is 8.42 Å². The van der Waals surface area contributed by atoms with Crippen LogP contribution >= 0.6 is 0 Å². The lowest BCUT2D eigenvalue weighted by Gasteiger charge is -2.30. The Morgan fingerprint density at radius 2 is 1.66 bits per heavy atom. The minimum absolute atomic E-state index is 0.0300. The third-order valence-corrected chi connectivity index (χ3v) is 9.68. The Balaban J connectivity index is 1.25. The maximum Gasteiger partial charge on any atom is 0.248 e. The van der Waals surface area contributed by atoms with Gasteiger partial charge in [-0.3, -0.25) is 14.3 Å². The lowest BCUT2D eigenvalue weighted by atomic mass is 9.97. The number of sulfonamides is 1. The SMILES string of the molecule is Cc1ccc(NC(=O)C2CCN(S(=O)(=O)c3c(C)nn(CC(=O)N4CCc5ccccc54)c3C)CC2)cc1. The molecule has 3 aromatic rings. The molecule has 0 spiro atoms. The van der Waals surface area contributed by atoms with Crippen molar-refractivity contribution < 1.29 is 18.0 Å². The summed E-state index contributed by atoms with van der Waals surface area (Å²) in [6, 6.07) is 15.4. The van der Waals surface area contributed by atoms with Crippen molar-refractivity contribution in [3.8, 4) is 0 Å². The van der Waals surface area contributed by atoms with Crippen LogP contribution in [0.15, 0.2) is 53.4 Å². The van der Waals surface area contributed by atoms with Gasteiger partial charge in [0.15, 0.2) is 0 Å². The van der Waals surface area contributed by atoms with Crippen LogP contribution in [0.2, 0.25) is 0 Å². The van der Waals surface area contributed by atoms with Crippen molar-refractivity contribution in [1.82, 2.24) is 14.1 Å². The van der Waals surface area contributed by atoms with E-state index in [2.05, 4.69) is 10.4 Å². The van der Waals surface area contributed by atoms with Gasteiger partial charge >= 0.3 is 0 Å². The molecule has 0 bridgehead atoms. The molecule has 2 aromatic carbocycles. The van der Waals surface area contributed by atoms with E-state index >= 15 is 0 Å². The predicted molar refractivity (Wildman–Crippen MR) is 145 cm³/mol. The first kappa shape index (κ1) is 26.1. The van der Waals surface area contributed by atoms with Gasteiger partial charge in [-0.1, -0.05) is 35.9 Å². The Hall–Kier alpha value is -3.50. The van der Waals surface area contributed by atoms with Gasteiger partial charge < -0.3 is 10.2 Å². The molecule has 1 fully saturated rings. The number of benzene rings is 2. The standard InChI is InChI=1S/C28H33N5O4S/c1-19-8-10-24(11-9-19)29-28(35)23-12-15-31(16-13-23)38(36,37)27-20(2)30-33(21(27)3)18-26(34)32-17-14-22-6-4-5-7-25(22)32/h4-11,23H,12-18H2,1-3H3,(H,29,35). The third-order valence-electron chi connectivity index (χ3n) is 7.53. The van der Waals surface area contributed by atoms with Crippen molar-refractivity contribution >= 4 is 33.2 Å². The maximum atomic E-state index is 13.6. The molecular weight excluding hydrogens is 502 g/mol. The summed E-state index contributed by atoms with van der Waals surface area (Å²) in [5.74, 6) is -0.466. The summed E-state index contributed by atoms with van der Waals surface area (Å²) >= 11 is 0. The fourth-order valence-corrected chi connectivity index (χ4v) is 7.23. The number of hydrogen-bond donors (Lipinski definition) is 1. The van der Waals surface area contributed by atoms with E-state index < -0.39 is 10.0 Å². The molecule has 1 aromatic heterocycles. The normalized spacial score (nSPS) is 16.4. The number of para-hydroxylation sites is 1. The van der Waals surface area contributed by atoms with Crippen LogP contribution < -0.4 is 10.2 Å². The zero-order valence-electron chi connectivity index (χ0n) is 22.0. The van der Waals surface area contributed by atoms with Crippen molar-refractivity contribution in [3.63, 3.8) is 0 Å².